The topological polar surface area (TPSA) is 12.5 Å². The van der Waals surface area contributed by atoms with E-state index in [2.05, 4.69) is 61.3 Å². The van der Waals surface area contributed by atoms with Gasteiger partial charge >= 0.3 is 0 Å². The fourth-order valence-electron chi connectivity index (χ4n) is 3.67. The normalized spacial score (nSPS) is 23.1. The Kier molecular flexibility index (Phi) is 4.22. The SMILES string of the molecule is Cc1ccc2c(c1)Oc1ccccc1C1CN(C)CC21.[Y]. The summed E-state index contributed by atoms with van der Waals surface area (Å²) in [7, 11) is 2.21. The van der Waals surface area contributed by atoms with Crippen LogP contribution in [0.25, 0.3) is 0 Å². The molecule has 2 atom stereocenters. The van der Waals surface area contributed by atoms with Crippen molar-refractivity contribution in [3.05, 3.63) is 59.2 Å². The second-order valence-corrected chi connectivity index (χ2v) is 6.12. The summed E-state index contributed by atoms with van der Waals surface area (Å²) >= 11 is 0. The molecule has 2 unspecified atom stereocenters. The first-order chi connectivity index (χ1) is 9.72. The van der Waals surface area contributed by atoms with Crippen LogP contribution in [0, 0.1) is 6.92 Å². The Bertz CT molecular complexity index is 670. The summed E-state index contributed by atoms with van der Waals surface area (Å²) in [5.41, 5.74) is 3.97. The van der Waals surface area contributed by atoms with Crippen LogP contribution in [-0.4, -0.2) is 25.0 Å². The van der Waals surface area contributed by atoms with Gasteiger partial charge in [0.05, 0.1) is 0 Å². The second-order valence-electron chi connectivity index (χ2n) is 6.12. The molecule has 4 rings (SSSR count). The first-order valence-corrected chi connectivity index (χ1v) is 7.28. The van der Waals surface area contributed by atoms with Crippen molar-refractivity contribution in [1.82, 2.24) is 4.90 Å². The van der Waals surface area contributed by atoms with Gasteiger partial charge in [-0.2, -0.15) is 0 Å². The zero-order valence-electron chi connectivity index (χ0n) is 12.5. The van der Waals surface area contributed by atoms with Crippen molar-refractivity contribution < 1.29 is 37.4 Å². The molecule has 105 valence electrons. The van der Waals surface area contributed by atoms with Crippen LogP contribution >= 0.6 is 0 Å². The van der Waals surface area contributed by atoms with Crippen LogP contribution in [0.3, 0.4) is 0 Å². The quantitative estimate of drug-likeness (QED) is 0.711. The smallest absolute Gasteiger partial charge is 0.131 e. The number of likely N-dealkylation sites (tertiary alicyclic amines) is 1. The molecule has 0 aromatic heterocycles. The molecule has 1 fully saturated rings. The molecule has 0 saturated carbocycles. The number of ether oxygens (including phenoxy) is 1. The number of hydrogen-bond acceptors (Lipinski definition) is 2. The number of para-hydroxylation sites is 1. The summed E-state index contributed by atoms with van der Waals surface area (Å²) < 4.78 is 6.24. The van der Waals surface area contributed by atoms with E-state index in [-0.39, 0.29) is 32.7 Å². The minimum atomic E-state index is 0. The summed E-state index contributed by atoms with van der Waals surface area (Å²) in [6.07, 6.45) is 0. The molecule has 2 aliphatic rings. The number of likely N-dealkylation sites (N-methyl/N-ethyl adjacent to an activating group) is 1. The van der Waals surface area contributed by atoms with Crippen LogP contribution in [0.2, 0.25) is 0 Å². The second kappa shape index (κ2) is 5.83. The number of nitrogens with zero attached hydrogens (tertiary/aromatic N) is 1. The van der Waals surface area contributed by atoms with Crippen LogP contribution < -0.4 is 4.74 Å². The first kappa shape index (κ1) is 15.2. The van der Waals surface area contributed by atoms with Gasteiger partial charge in [0.2, 0.25) is 0 Å². The zero-order chi connectivity index (χ0) is 13.7. The fourth-order valence-corrected chi connectivity index (χ4v) is 3.67. The van der Waals surface area contributed by atoms with E-state index in [1.807, 2.05) is 0 Å². The van der Waals surface area contributed by atoms with E-state index in [0.29, 0.717) is 11.8 Å². The maximum absolute atomic E-state index is 6.24. The summed E-state index contributed by atoms with van der Waals surface area (Å²) in [5, 5.41) is 0. The van der Waals surface area contributed by atoms with Gasteiger partial charge in [-0.3, -0.25) is 0 Å². The fraction of sp³-hybridized carbons (Fsp3) is 0.333. The Morgan fingerprint density at radius 3 is 2.38 bits per heavy atom. The predicted octanol–water partition coefficient (Wildman–Crippen LogP) is 3.91. The van der Waals surface area contributed by atoms with E-state index >= 15 is 0 Å². The Hall–Kier alpha value is -0.696. The van der Waals surface area contributed by atoms with Crippen molar-refractivity contribution in [2.45, 2.75) is 18.8 Å². The third kappa shape index (κ3) is 2.58. The maximum atomic E-state index is 6.24. The molecule has 21 heavy (non-hydrogen) atoms. The van der Waals surface area contributed by atoms with Crippen molar-refractivity contribution in [3.8, 4) is 11.5 Å². The monoisotopic (exact) mass is 354 g/mol. The molecule has 1 saturated heterocycles. The number of benzene rings is 2. The van der Waals surface area contributed by atoms with E-state index < -0.39 is 0 Å². The van der Waals surface area contributed by atoms with Gasteiger partial charge in [-0.25, -0.2) is 0 Å². The molecule has 0 amide bonds. The Morgan fingerprint density at radius 1 is 0.952 bits per heavy atom. The molecular weight excluding hydrogens is 335 g/mol. The molecule has 3 heteroatoms. The molecule has 2 aliphatic heterocycles. The minimum Gasteiger partial charge on any atom is -0.457 e. The Morgan fingerprint density at radius 2 is 1.62 bits per heavy atom. The molecule has 0 N–H and O–H groups in total. The largest absolute Gasteiger partial charge is 0.457 e. The van der Waals surface area contributed by atoms with Crippen molar-refractivity contribution in [2.75, 3.05) is 20.1 Å². The number of aryl methyl sites for hydroxylation is 1. The number of hydrogen-bond donors (Lipinski definition) is 0. The van der Waals surface area contributed by atoms with Gasteiger partial charge in [0.25, 0.3) is 0 Å². The molecule has 1 radical (unpaired) electrons. The van der Waals surface area contributed by atoms with Gasteiger partial charge in [-0.15, -0.1) is 0 Å². The van der Waals surface area contributed by atoms with E-state index in [0.717, 1.165) is 24.6 Å². The molecule has 0 aliphatic carbocycles. The van der Waals surface area contributed by atoms with Gasteiger partial charge in [0.1, 0.15) is 11.5 Å². The standard InChI is InChI=1S/C18H19NO.Y/c1-12-7-8-14-16-11-19(2)10-15(16)13-5-3-4-6-17(13)20-18(14)9-12;/h3-9,15-16H,10-11H2,1-2H3;. The van der Waals surface area contributed by atoms with Crippen LogP contribution in [0.1, 0.15) is 28.5 Å². The maximum Gasteiger partial charge on any atom is 0.131 e. The Balaban J connectivity index is 0.00000132. The van der Waals surface area contributed by atoms with E-state index in [9.17, 15) is 0 Å². The number of rotatable bonds is 0. The van der Waals surface area contributed by atoms with Crippen molar-refractivity contribution in [3.63, 3.8) is 0 Å². The summed E-state index contributed by atoms with van der Waals surface area (Å²) in [6.45, 7) is 4.34. The average Bonchev–Trinajstić information content (AvgIpc) is 2.76. The van der Waals surface area contributed by atoms with E-state index in [4.69, 9.17) is 4.74 Å². The van der Waals surface area contributed by atoms with E-state index in [1.165, 1.54) is 16.7 Å². The molecule has 0 bridgehead atoms. The number of fused-ring (bicyclic) bond motifs is 5. The van der Waals surface area contributed by atoms with Gasteiger partial charge in [-0.05, 0) is 42.8 Å². The van der Waals surface area contributed by atoms with Gasteiger partial charge in [0, 0.05) is 57.6 Å². The van der Waals surface area contributed by atoms with Crippen LogP contribution in [0.4, 0.5) is 0 Å². The summed E-state index contributed by atoms with van der Waals surface area (Å²) in [4.78, 5) is 2.43. The van der Waals surface area contributed by atoms with Crippen LogP contribution in [-0.2, 0) is 32.7 Å². The van der Waals surface area contributed by atoms with Gasteiger partial charge in [0.15, 0.2) is 0 Å². The zero-order valence-corrected chi connectivity index (χ0v) is 15.4. The van der Waals surface area contributed by atoms with Gasteiger partial charge in [-0.1, -0.05) is 30.3 Å². The predicted molar refractivity (Wildman–Crippen MR) is 80.7 cm³/mol. The van der Waals surface area contributed by atoms with Crippen LogP contribution in [0.5, 0.6) is 11.5 Å². The van der Waals surface area contributed by atoms with Crippen LogP contribution in [0.15, 0.2) is 42.5 Å². The van der Waals surface area contributed by atoms with E-state index in [1.54, 1.807) is 0 Å². The summed E-state index contributed by atoms with van der Waals surface area (Å²) in [5.74, 6) is 3.15. The molecule has 2 nitrogen and oxygen atoms in total. The molecular formula is C18H19NOY. The van der Waals surface area contributed by atoms with Crippen molar-refractivity contribution in [2.24, 2.45) is 0 Å². The summed E-state index contributed by atoms with van der Waals surface area (Å²) in [6, 6.07) is 15.1. The average molecular weight is 354 g/mol. The van der Waals surface area contributed by atoms with Gasteiger partial charge < -0.3 is 9.64 Å². The Labute approximate surface area is 151 Å². The molecule has 2 aromatic rings. The van der Waals surface area contributed by atoms with Crippen molar-refractivity contribution >= 4 is 0 Å². The third-order valence-corrected chi connectivity index (χ3v) is 4.61. The van der Waals surface area contributed by atoms with Crippen molar-refractivity contribution in [1.29, 1.82) is 0 Å². The first-order valence-electron chi connectivity index (χ1n) is 7.28. The molecule has 2 aromatic carbocycles. The molecule has 0 spiro atoms. The molecule has 2 heterocycles. The minimum absolute atomic E-state index is 0. The third-order valence-electron chi connectivity index (χ3n) is 4.61.